The van der Waals surface area contributed by atoms with Gasteiger partial charge in [0.25, 0.3) is 0 Å². The minimum Gasteiger partial charge on any atom is -0.373 e. The maximum atomic E-state index is 5.70. The summed E-state index contributed by atoms with van der Waals surface area (Å²) in [6.45, 7) is 4.18. The average Bonchev–Trinajstić information content (AvgIpc) is 2.81. The molecule has 0 unspecified atom stereocenters. The molecule has 0 spiro atoms. The summed E-state index contributed by atoms with van der Waals surface area (Å²) >= 11 is 0. The zero-order valence-electron chi connectivity index (χ0n) is 10.9. The molecule has 0 fully saturated rings. The molecule has 0 aliphatic carbocycles. The van der Waals surface area contributed by atoms with Gasteiger partial charge in [-0.1, -0.05) is 13.8 Å². The Hall–Kier alpha value is -2.11. The second kappa shape index (κ2) is 5.03. The van der Waals surface area contributed by atoms with E-state index in [2.05, 4.69) is 40.3 Å². The molecule has 2 aromatic heterocycles. The molecule has 0 saturated carbocycles. The summed E-state index contributed by atoms with van der Waals surface area (Å²) < 4.78 is 1.83. The van der Waals surface area contributed by atoms with Crippen molar-refractivity contribution in [3.05, 3.63) is 23.5 Å². The minimum atomic E-state index is 0.243. The summed E-state index contributed by atoms with van der Waals surface area (Å²) in [5.74, 6) is 1.63. The van der Waals surface area contributed by atoms with Crippen LogP contribution in [0.15, 0.2) is 12.1 Å². The number of hydrogen-bond donors (Lipinski definition) is 2. The molecule has 6 heteroatoms. The van der Waals surface area contributed by atoms with Gasteiger partial charge in [-0.3, -0.25) is 0 Å². The number of nitrogen functional groups attached to an aromatic ring is 1. The number of nitrogens with zero attached hydrogens (tertiary/aromatic N) is 4. The molecule has 18 heavy (non-hydrogen) atoms. The van der Waals surface area contributed by atoms with Crippen LogP contribution in [0.25, 0.3) is 5.82 Å². The van der Waals surface area contributed by atoms with E-state index < -0.39 is 0 Å². The molecule has 3 N–H and O–H groups in total. The lowest BCUT2D eigenvalue weighted by atomic mass is 10.2. The molecule has 0 radical (unpaired) electrons. The van der Waals surface area contributed by atoms with Crippen LogP contribution in [0, 0.1) is 0 Å². The van der Waals surface area contributed by atoms with Crippen molar-refractivity contribution in [3.8, 4) is 5.82 Å². The van der Waals surface area contributed by atoms with Crippen molar-refractivity contribution in [1.29, 1.82) is 0 Å². The van der Waals surface area contributed by atoms with Gasteiger partial charge >= 0.3 is 0 Å². The van der Waals surface area contributed by atoms with Gasteiger partial charge in [-0.15, -0.1) is 0 Å². The summed E-state index contributed by atoms with van der Waals surface area (Å²) in [6.07, 6.45) is 1.80. The molecule has 0 bridgehead atoms. The van der Waals surface area contributed by atoms with E-state index in [-0.39, 0.29) is 5.95 Å². The Morgan fingerprint density at radius 1 is 1.22 bits per heavy atom. The van der Waals surface area contributed by atoms with Crippen molar-refractivity contribution in [2.45, 2.75) is 26.7 Å². The quantitative estimate of drug-likeness (QED) is 0.852. The summed E-state index contributed by atoms with van der Waals surface area (Å²) in [6, 6.07) is 3.93. The fourth-order valence-corrected chi connectivity index (χ4v) is 1.79. The summed E-state index contributed by atoms with van der Waals surface area (Å²) in [7, 11) is 1.80. The van der Waals surface area contributed by atoms with E-state index in [1.165, 1.54) is 0 Å². The van der Waals surface area contributed by atoms with Gasteiger partial charge < -0.3 is 11.1 Å². The van der Waals surface area contributed by atoms with Crippen LogP contribution in [0.1, 0.15) is 25.2 Å². The third kappa shape index (κ3) is 2.27. The van der Waals surface area contributed by atoms with Gasteiger partial charge in [0.15, 0.2) is 5.82 Å². The lowest BCUT2D eigenvalue weighted by Crippen LogP contribution is -2.08. The average molecular weight is 246 g/mol. The topological polar surface area (TPSA) is 81.7 Å². The third-order valence-corrected chi connectivity index (χ3v) is 2.76. The number of nitrogens with one attached hydrogen (secondary N) is 1. The van der Waals surface area contributed by atoms with Crippen LogP contribution in [0.4, 0.5) is 11.8 Å². The van der Waals surface area contributed by atoms with Crippen molar-refractivity contribution >= 4 is 11.8 Å². The molecule has 0 aliphatic rings. The Bertz CT molecular complexity index is 545. The van der Waals surface area contributed by atoms with Crippen LogP contribution in [0.2, 0.25) is 0 Å². The van der Waals surface area contributed by atoms with E-state index in [9.17, 15) is 0 Å². The maximum absolute atomic E-state index is 5.70. The monoisotopic (exact) mass is 246 g/mol. The second-order valence-corrected chi connectivity index (χ2v) is 3.97. The smallest absolute Gasteiger partial charge is 0.224 e. The molecular formula is C12H18N6. The van der Waals surface area contributed by atoms with Crippen LogP contribution in [-0.2, 0) is 12.8 Å². The first-order valence-corrected chi connectivity index (χ1v) is 6.08. The molecule has 0 atom stereocenters. The molecule has 6 nitrogen and oxygen atoms in total. The predicted molar refractivity (Wildman–Crippen MR) is 71.9 cm³/mol. The molecule has 0 saturated heterocycles. The molecule has 0 aromatic carbocycles. The maximum Gasteiger partial charge on any atom is 0.224 e. The highest BCUT2D eigenvalue weighted by molar-refractivity contribution is 5.45. The zero-order valence-corrected chi connectivity index (χ0v) is 10.9. The first-order valence-electron chi connectivity index (χ1n) is 6.08. The number of aromatic nitrogens is 4. The first kappa shape index (κ1) is 12.3. The Labute approximate surface area is 106 Å². The fourth-order valence-electron chi connectivity index (χ4n) is 1.79. The summed E-state index contributed by atoms with van der Waals surface area (Å²) in [5, 5.41) is 7.49. The van der Waals surface area contributed by atoms with Crippen LogP contribution in [0.3, 0.4) is 0 Å². The minimum absolute atomic E-state index is 0.243. The van der Waals surface area contributed by atoms with Crippen molar-refractivity contribution in [2.75, 3.05) is 18.1 Å². The molecule has 96 valence electrons. The number of aryl methyl sites for hydroxylation is 2. The molecular weight excluding hydrogens is 228 g/mol. The Kier molecular flexibility index (Phi) is 3.45. The number of rotatable bonds is 4. The molecule has 2 rings (SSSR count). The van der Waals surface area contributed by atoms with Crippen molar-refractivity contribution in [2.24, 2.45) is 0 Å². The molecule has 2 aromatic rings. The van der Waals surface area contributed by atoms with Gasteiger partial charge in [-0.05, 0) is 18.9 Å². The lowest BCUT2D eigenvalue weighted by Gasteiger charge is -2.07. The normalized spacial score (nSPS) is 10.6. The Morgan fingerprint density at radius 3 is 2.61 bits per heavy atom. The van der Waals surface area contributed by atoms with Gasteiger partial charge in [0, 0.05) is 18.8 Å². The third-order valence-electron chi connectivity index (χ3n) is 2.76. The van der Waals surface area contributed by atoms with Crippen LogP contribution < -0.4 is 11.1 Å². The highest BCUT2D eigenvalue weighted by Gasteiger charge is 2.10. The Morgan fingerprint density at radius 2 is 2.00 bits per heavy atom. The first-order chi connectivity index (χ1) is 8.67. The van der Waals surface area contributed by atoms with E-state index in [1.54, 1.807) is 7.05 Å². The predicted octanol–water partition coefficient (Wildman–Crippen LogP) is 1.41. The largest absolute Gasteiger partial charge is 0.373 e. The molecule has 0 aliphatic heterocycles. The van der Waals surface area contributed by atoms with Gasteiger partial charge in [0.2, 0.25) is 5.95 Å². The van der Waals surface area contributed by atoms with Gasteiger partial charge in [0.1, 0.15) is 5.82 Å². The van der Waals surface area contributed by atoms with E-state index >= 15 is 0 Å². The van der Waals surface area contributed by atoms with E-state index in [0.717, 1.165) is 24.2 Å². The SMILES string of the molecule is CCc1cc(CC)n(-c2cc(NC)nc(N)n2)n1. The van der Waals surface area contributed by atoms with Gasteiger partial charge in [-0.25, -0.2) is 4.68 Å². The number of nitrogens with two attached hydrogens (primary N) is 1. The number of anilines is 2. The second-order valence-electron chi connectivity index (χ2n) is 3.97. The summed E-state index contributed by atoms with van der Waals surface area (Å²) in [5.41, 5.74) is 7.87. The fraction of sp³-hybridized carbons (Fsp3) is 0.417. The van der Waals surface area contributed by atoms with Crippen molar-refractivity contribution < 1.29 is 0 Å². The van der Waals surface area contributed by atoms with E-state index in [1.807, 2.05) is 10.7 Å². The molecule has 0 amide bonds. The highest BCUT2D eigenvalue weighted by Crippen LogP contribution is 2.15. The zero-order chi connectivity index (χ0) is 13.1. The standard InChI is InChI=1S/C12H18N6/c1-4-8-6-9(5-2)18(17-8)11-7-10(14-3)15-12(13)16-11/h6-7H,4-5H2,1-3H3,(H3,13,14,15,16). The highest BCUT2D eigenvalue weighted by atomic mass is 15.3. The van der Waals surface area contributed by atoms with Gasteiger partial charge in [0.05, 0.1) is 5.69 Å². The van der Waals surface area contributed by atoms with Crippen LogP contribution >= 0.6 is 0 Å². The van der Waals surface area contributed by atoms with Crippen LogP contribution in [-0.4, -0.2) is 26.8 Å². The lowest BCUT2D eigenvalue weighted by molar-refractivity contribution is 0.771. The molecule has 2 heterocycles. The summed E-state index contributed by atoms with van der Waals surface area (Å²) in [4.78, 5) is 8.31. The van der Waals surface area contributed by atoms with Crippen molar-refractivity contribution in [3.63, 3.8) is 0 Å². The van der Waals surface area contributed by atoms with Crippen molar-refractivity contribution in [1.82, 2.24) is 19.7 Å². The van der Waals surface area contributed by atoms with E-state index in [4.69, 9.17) is 5.73 Å². The number of hydrogen-bond acceptors (Lipinski definition) is 5. The van der Waals surface area contributed by atoms with Crippen LogP contribution in [0.5, 0.6) is 0 Å². The van der Waals surface area contributed by atoms with Gasteiger partial charge in [-0.2, -0.15) is 15.1 Å². The van der Waals surface area contributed by atoms with E-state index in [0.29, 0.717) is 11.6 Å². The Balaban J connectivity index is 2.53.